The fourth-order valence-electron chi connectivity index (χ4n) is 6.03. The third-order valence-electron chi connectivity index (χ3n) is 7.91. The summed E-state index contributed by atoms with van der Waals surface area (Å²) in [6, 6.07) is 18.8. The zero-order valence-corrected chi connectivity index (χ0v) is 19.2. The lowest BCUT2D eigenvalue weighted by Gasteiger charge is -2.38. The molecule has 2 unspecified atom stereocenters. The van der Waals surface area contributed by atoms with E-state index < -0.39 is 0 Å². The first kappa shape index (κ1) is 20.5. The fraction of sp³-hybridized carbons (Fsp3) is 0.407. The number of benzene rings is 2. The van der Waals surface area contributed by atoms with Crippen molar-refractivity contribution in [3.05, 3.63) is 83.0 Å². The monoisotopic (exact) mass is 442 g/mol. The summed E-state index contributed by atoms with van der Waals surface area (Å²) in [4.78, 5) is 15.7. The summed E-state index contributed by atoms with van der Waals surface area (Å²) >= 11 is 0. The number of amides is 1. The van der Waals surface area contributed by atoms with Gasteiger partial charge in [0.2, 0.25) is 0 Å². The molecular formula is C27H30N4O2. The van der Waals surface area contributed by atoms with Gasteiger partial charge < -0.3 is 15.3 Å². The summed E-state index contributed by atoms with van der Waals surface area (Å²) in [5, 5.41) is 17.8. The van der Waals surface area contributed by atoms with E-state index in [1.54, 1.807) is 6.20 Å². The van der Waals surface area contributed by atoms with Gasteiger partial charge in [0.25, 0.3) is 5.91 Å². The van der Waals surface area contributed by atoms with Crippen molar-refractivity contribution < 1.29 is 9.90 Å². The highest BCUT2D eigenvalue weighted by atomic mass is 16.3. The molecule has 1 aliphatic carbocycles. The van der Waals surface area contributed by atoms with Gasteiger partial charge in [0.1, 0.15) is 11.4 Å². The Bertz CT molecular complexity index is 1220. The molecule has 33 heavy (non-hydrogen) atoms. The second kappa shape index (κ2) is 7.19. The molecule has 6 rings (SSSR count). The molecule has 6 heteroatoms. The molecule has 3 heterocycles. The highest BCUT2D eigenvalue weighted by molar-refractivity contribution is 5.99. The predicted octanol–water partition coefficient (Wildman–Crippen LogP) is 4.08. The molecule has 0 bridgehead atoms. The second-order valence-electron chi connectivity index (χ2n) is 10.5. The Morgan fingerprint density at radius 2 is 1.97 bits per heavy atom. The average molecular weight is 443 g/mol. The number of aliphatic hydroxyl groups is 1. The van der Waals surface area contributed by atoms with Crippen molar-refractivity contribution in [1.29, 1.82) is 0 Å². The molecule has 2 aliphatic heterocycles. The maximum atomic E-state index is 13.7. The van der Waals surface area contributed by atoms with Crippen LogP contribution in [0, 0.1) is 5.92 Å². The number of likely N-dealkylation sites (tertiary alicyclic amines) is 1. The van der Waals surface area contributed by atoms with Crippen LogP contribution in [0.5, 0.6) is 0 Å². The SMILES string of the molecule is CC1(C)C[C@H](c2ccccc2)Nc2c(C(=O)N3CC4CC4(c4cccc(CO)c4)C3)cnn21. The number of piperidine rings is 1. The van der Waals surface area contributed by atoms with Crippen molar-refractivity contribution in [2.75, 3.05) is 18.4 Å². The van der Waals surface area contributed by atoms with Crippen molar-refractivity contribution in [2.24, 2.45) is 5.92 Å². The highest BCUT2D eigenvalue weighted by Crippen LogP contribution is 2.59. The number of carbonyl (C=O) groups is 1. The molecular weight excluding hydrogens is 412 g/mol. The first-order chi connectivity index (χ1) is 15.9. The number of hydrogen-bond donors (Lipinski definition) is 2. The molecule has 3 aliphatic rings. The Balaban J connectivity index is 1.28. The molecule has 1 aromatic heterocycles. The van der Waals surface area contributed by atoms with Crippen LogP contribution in [0.3, 0.4) is 0 Å². The first-order valence-corrected chi connectivity index (χ1v) is 11.8. The summed E-state index contributed by atoms with van der Waals surface area (Å²) < 4.78 is 1.98. The van der Waals surface area contributed by atoms with Crippen LogP contribution in [0.25, 0.3) is 0 Å². The summed E-state index contributed by atoms with van der Waals surface area (Å²) in [5.41, 5.74) is 3.90. The quantitative estimate of drug-likeness (QED) is 0.639. The minimum absolute atomic E-state index is 0.0351. The van der Waals surface area contributed by atoms with Gasteiger partial charge >= 0.3 is 0 Å². The number of nitrogens with zero attached hydrogens (tertiary/aromatic N) is 3. The molecule has 0 spiro atoms. The van der Waals surface area contributed by atoms with Crippen LogP contribution in [-0.4, -0.2) is 38.8 Å². The Morgan fingerprint density at radius 3 is 2.76 bits per heavy atom. The molecule has 3 atom stereocenters. The zero-order valence-electron chi connectivity index (χ0n) is 19.2. The second-order valence-corrected chi connectivity index (χ2v) is 10.5. The number of aliphatic hydroxyl groups excluding tert-OH is 1. The van der Waals surface area contributed by atoms with Gasteiger partial charge in [-0.05, 0) is 49.3 Å². The summed E-state index contributed by atoms with van der Waals surface area (Å²) in [7, 11) is 0. The van der Waals surface area contributed by atoms with Crippen molar-refractivity contribution in [3.8, 4) is 0 Å². The minimum atomic E-state index is -0.196. The van der Waals surface area contributed by atoms with Crippen LogP contribution in [-0.2, 0) is 17.6 Å². The number of fused-ring (bicyclic) bond motifs is 2. The largest absolute Gasteiger partial charge is 0.392 e. The van der Waals surface area contributed by atoms with Gasteiger partial charge in [-0.25, -0.2) is 4.68 Å². The third kappa shape index (κ3) is 3.19. The maximum Gasteiger partial charge on any atom is 0.259 e. The van der Waals surface area contributed by atoms with Gasteiger partial charge in [0, 0.05) is 18.5 Å². The Labute approximate surface area is 194 Å². The lowest BCUT2D eigenvalue weighted by atomic mass is 9.89. The molecule has 1 saturated carbocycles. The van der Waals surface area contributed by atoms with E-state index in [1.165, 1.54) is 11.1 Å². The lowest BCUT2D eigenvalue weighted by molar-refractivity contribution is 0.0772. The van der Waals surface area contributed by atoms with Crippen LogP contribution in [0.4, 0.5) is 5.82 Å². The number of nitrogens with one attached hydrogen (secondary N) is 1. The molecule has 2 fully saturated rings. The van der Waals surface area contributed by atoms with Crippen molar-refractivity contribution in [1.82, 2.24) is 14.7 Å². The number of anilines is 1. The normalized spacial score (nSPS) is 26.9. The molecule has 6 nitrogen and oxygen atoms in total. The van der Waals surface area contributed by atoms with Gasteiger partial charge in [0.05, 0.1) is 24.4 Å². The van der Waals surface area contributed by atoms with Gasteiger partial charge in [0.15, 0.2) is 0 Å². The number of aromatic nitrogens is 2. The lowest BCUT2D eigenvalue weighted by Crippen LogP contribution is -2.39. The Hall–Kier alpha value is -3.12. The van der Waals surface area contributed by atoms with Crippen LogP contribution in [0.1, 0.15) is 59.8 Å². The van der Waals surface area contributed by atoms with E-state index in [1.807, 2.05) is 27.8 Å². The van der Waals surface area contributed by atoms with E-state index in [0.29, 0.717) is 11.5 Å². The third-order valence-corrected chi connectivity index (χ3v) is 7.91. The first-order valence-electron chi connectivity index (χ1n) is 11.8. The van der Waals surface area contributed by atoms with E-state index in [9.17, 15) is 9.90 Å². The topological polar surface area (TPSA) is 70.4 Å². The minimum Gasteiger partial charge on any atom is -0.392 e. The number of rotatable bonds is 4. The van der Waals surface area contributed by atoms with Crippen molar-refractivity contribution in [2.45, 2.75) is 50.3 Å². The number of hydrogen-bond acceptors (Lipinski definition) is 4. The average Bonchev–Trinajstić information content (AvgIpc) is 3.17. The van der Waals surface area contributed by atoms with Crippen molar-refractivity contribution in [3.63, 3.8) is 0 Å². The van der Waals surface area contributed by atoms with E-state index >= 15 is 0 Å². The van der Waals surface area contributed by atoms with Crippen molar-refractivity contribution >= 4 is 11.7 Å². The maximum absolute atomic E-state index is 13.7. The van der Waals surface area contributed by atoms with E-state index in [-0.39, 0.29) is 29.5 Å². The molecule has 170 valence electrons. The van der Waals surface area contributed by atoms with Crippen LogP contribution in [0.2, 0.25) is 0 Å². The molecule has 2 N–H and O–H groups in total. The number of carbonyl (C=O) groups excluding carboxylic acids is 1. The molecule has 1 saturated heterocycles. The smallest absolute Gasteiger partial charge is 0.259 e. The van der Waals surface area contributed by atoms with Gasteiger partial charge in [-0.2, -0.15) is 5.10 Å². The summed E-state index contributed by atoms with van der Waals surface area (Å²) in [6.45, 7) is 5.91. The van der Waals surface area contributed by atoms with Gasteiger partial charge in [-0.3, -0.25) is 4.79 Å². The Kier molecular flexibility index (Phi) is 4.46. The summed E-state index contributed by atoms with van der Waals surface area (Å²) in [5.74, 6) is 1.36. The summed E-state index contributed by atoms with van der Waals surface area (Å²) in [6.07, 6.45) is 3.75. The molecule has 0 radical (unpaired) electrons. The van der Waals surface area contributed by atoms with Crippen LogP contribution < -0.4 is 5.32 Å². The predicted molar refractivity (Wildman–Crippen MR) is 127 cm³/mol. The van der Waals surface area contributed by atoms with Gasteiger partial charge in [-0.15, -0.1) is 0 Å². The fourth-order valence-corrected chi connectivity index (χ4v) is 6.03. The molecule has 2 aromatic carbocycles. The zero-order chi connectivity index (χ0) is 22.8. The van der Waals surface area contributed by atoms with E-state index in [2.05, 4.69) is 60.7 Å². The van der Waals surface area contributed by atoms with Gasteiger partial charge in [-0.1, -0.05) is 54.6 Å². The standard InChI is InChI=1S/C27H30N4O2/c1-26(2)13-23(19-8-4-3-5-9-19)29-24-22(14-28-31(24)26)25(33)30-15-21-12-27(21,17-30)20-10-6-7-18(11-20)16-32/h3-11,14,21,23,29,32H,12-13,15-17H2,1-2H3/t21?,23-,27?/m1/s1. The highest BCUT2D eigenvalue weighted by Gasteiger charge is 2.61. The molecule has 3 aromatic rings. The van der Waals surface area contributed by atoms with Crippen LogP contribution in [0.15, 0.2) is 60.8 Å². The molecule has 1 amide bonds. The van der Waals surface area contributed by atoms with E-state index in [0.717, 1.165) is 37.3 Å². The van der Waals surface area contributed by atoms with E-state index in [4.69, 9.17) is 0 Å². The Morgan fingerprint density at radius 1 is 1.15 bits per heavy atom. The van der Waals surface area contributed by atoms with Crippen LogP contribution >= 0.6 is 0 Å².